The minimum Gasteiger partial charge on any atom is -0.429 e. The van der Waals surface area contributed by atoms with Gasteiger partial charge in [0.05, 0.1) is 0 Å². The third kappa shape index (κ3) is 6.13. The fourth-order valence-corrected chi connectivity index (χ4v) is 2.93. The Morgan fingerprint density at radius 1 is 0.821 bits per heavy atom. The summed E-state index contributed by atoms with van der Waals surface area (Å²) in [6.07, 6.45) is 2.14. The van der Waals surface area contributed by atoms with Gasteiger partial charge in [0.25, 0.3) is 0 Å². The molecule has 0 aromatic heterocycles. The van der Waals surface area contributed by atoms with E-state index in [0.29, 0.717) is 5.76 Å². The lowest BCUT2D eigenvalue weighted by Crippen LogP contribution is -2.08. The van der Waals surface area contributed by atoms with Crippen molar-refractivity contribution >= 4 is 11.9 Å². The lowest BCUT2D eigenvalue weighted by molar-refractivity contribution is 0.0841. The number of allylic oxidation sites excluding steroid dienone is 1. The average molecular weight is 372 g/mol. The van der Waals surface area contributed by atoms with Gasteiger partial charge < -0.3 is 9.47 Å². The van der Waals surface area contributed by atoms with Crippen molar-refractivity contribution in [2.75, 3.05) is 0 Å². The second kappa shape index (κ2) is 10.1. The van der Waals surface area contributed by atoms with E-state index in [1.54, 1.807) is 0 Å². The number of hydrogen-bond donors (Lipinski definition) is 0. The molecule has 0 radical (unpaired) electrons. The summed E-state index contributed by atoms with van der Waals surface area (Å²) in [6, 6.07) is 29.4. The molecule has 0 saturated carbocycles. The van der Waals surface area contributed by atoms with Crippen LogP contribution >= 0.6 is 0 Å². The van der Waals surface area contributed by atoms with Gasteiger partial charge in [0.15, 0.2) is 0 Å². The summed E-state index contributed by atoms with van der Waals surface area (Å²) in [4.78, 5) is 12.3. The highest BCUT2D eigenvalue weighted by molar-refractivity contribution is 5.73. The smallest absolute Gasteiger partial charge is 0.429 e. The minimum absolute atomic E-state index is 0.182. The summed E-state index contributed by atoms with van der Waals surface area (Å²) >= 11 is 0. The van der Waals surface area contributed by atoms with E-state index in [4.69, 9.17) is 9.47 Å². The van der Waals surface area contributed by atoms with Crippen LogP contribution in [0.4, 0.5) is 4.79 Å². The van der Waals surface area contributed by atoms with Crippen molar-refractivity contribution in [3.63, 3.8) is 0 Å². The molecule has 0 aliphatic rings. The van der Waals surface area contributed by atoms with E-state index < -0.39 is 6.16 Å². The molecule has 0 heterocycles. The van der Waals surface area contributed by atoms with E-state index in [9.17, 15) is 4.79 Å². The van der Waals surface area contributed by atoms with E-state index in [1.807, 2.05) is 84.9 Å². The lowest BCUT2D eigenvalue weighted by Gasteiger charge is -2.13. The number of hydrogen-bond acceptors (Lipinski definition) is 3. The molecule has 3 aromatic carbocycles. The molecule has 0 bridgehead atoms. The summed E-state index contributed by atoms with van der Waals surface area (Å²) in [6.45, 7) is 2.29. The van der Waals surface area contributed by atoms with Crippen molar-refractivity contribution in [2.24, 2.45) is 5.92 Å². The molecule has 3 heteroatoms. The van der Waals surface area contributed by atoms with Crippen molar-refractivity contribution in [2.45, 2.75) is 20.0 Å². The van der Waals surface area contributed by atoms with Gasteiger partial charge in [-0.15, -0.1) is 0 Å². The maximum atomic E-state index is 12.3. The van der Waals surface area contributed by atoms with Crippen LogP contribution in [0.1, 0.15) is 23.6 Å². The van der Waals surface area contributed by atoms with Gasteiger partial charge in [-0.1, -0.05) is 97.9 Å². The summed E-state index contributed by atoms with van der Waals surface area (Å²) in [5.74, 6) is 0.710. The van der Waals surface area contributed by atoms with Gasteiger partial charge in [-0.05, 0) is 29.5 Å². The maximum Gasteiger partial charge on any atom is 0.514 e. The van der Waals surface area contributed by atoms with E-state index in [2.05, 4.69) is 19.1 Å². The fraction of sp³-hybridized carbons (Fsp3) is 0.160. The standard InChI is InChI=1S/C25H24O3/c1-20(17-21-11-5-2-6-12-21)18-24(23-15-9-4-10-16-23)28-25(26)27-19-22-13-7-3-8-14-22/h2-16,18,20H,17,19H2,1H3/b24-18+/t20-/m1/s1. The van der Waals surface area contributed by atoms with E-state index in [0.717, 1.165) is 17.5 Å². The number of rotatable bonds is 7. The zero-order valence-electron chi connectivity index (χ0n) is 16.0. The van der Waals surface area contributed by atoms with Gasteiger partial charge in [0.2, 0.25) is 0 Å². The molecular weight excluding hydrogens is 348 g/mol. The Labute approximate surface area is 166 Å². The predicted octanol–water partition coefficient (Wildman–Crippen LogP) is 6.26. The molecule has 0 amide bonds. The number of carbonyl (C=O) groups is 1. The highest BCUT2D eigenvalue weighted by atomic mass is 16.7. The number of benzene rings is 3. The van der Waals surface area contributed by atoms with Gasteiger partial charge >= 0.3 is 6.16 Å². The Bertz CT molecular complexity index is 887. The molecule has 0 fully saturated rings. The van der Waals surface area contributed by atoms with Crippen LogP contribution in [0.15, 0.2) is 97.1 Å². The zero-order chi connectivity index (χ0) is 19.6. The van der Waals surface area contributed by atoms with Crippen LogP contribution in [0.3, 0.4) is 0 Å². The number of ether oxygens (including phenoxy) is 2. The molecule has 0 unspecified atom stereocenters. The SMILES string of the molecule is C[C@@H](/C=C(/OC(=O)OCc1ccccc1)c1ccccc1)Cc1ccccc1. The second-order valence-electron chi connectivity index (χ2n) is 6.69. The highest BCUT2D eigenvalue weighted by Crippen LogP contribution is 2.21. The lowest BCUT2D eigenvalue weighted by atomic mass is 9.99. The molecular formula is C25H24O3. The van der Waals surface area contributed by atoms with Crippen molar-refractivity contribution in [3.8, 4) is 0 Å². The first kappa shape index (κ1) is 19.4. The van der Waals surface area contributed by atoms with E-state index in [-0.39, 0.29) is 12.5 Å². The zero-order valence-corrected chi connectivity index (χ0v) is 16.0. The molecule has 0 saturated heterocycles. The minimum atomic E-state index is -0.703. The average Bonchev–Trinajstić information content (AvgIpc) is 2.74. The molecule has 142 valence electrons. The molecule has 3 rings (SSSR count). The first-order chi connectivity index (χ1) is 13.7. The van der Waals surface area contributed by atoms with Gasteiger partial charge in [-0.25, -0.2) is 4.79 Å². The summed E-state index contributed by atoms with van der Waals surface area (Å²) < 4.78 is 10.8. The van der Waals surface area contributed by atoms with Crippen LogP contribution in [0.5, 0.6) is 0 Å². The van der Waals surface area contributed by atoms with Crippen LogP contribution in [0.25, 0.3) is 5.76 Å². The predicted molar refractivity (Wildman–Crippen MR) is 111 cm³/mol. The van der Waals surface area contributed by atoms with Crippen LogP contribution in [-0.2, 0) is 22.5 Å². The fourth-order valence-electron chi connectivity index (χ4n) is 2.93. The molecule has 3 nitrogen and oxygen atoms in total. The van der Waals surface area contributed by atoms with Crippen molar-refractivity contribution in [1.29, 1.82) is 0 Å². The Balaban J connectivity index is 1.69. The molecule has 3 aromatic rings. The van der Waals surface area contributed by atoms with Crippen LogP contribution in [0.2, 0.25) is 0 Å². The summed E-state index contributed by atoms with van der Waals surface area (Å²) in [7, 11) is 0. The summed E-state index contributed by atoms with van der Waals surface area (Å²) in [5.41, 5.74) is 3.01. The maximum absolute atomic E-state index is 12.3. The Hall–Kier alpha value is -3.33. The Morgan fingerprint density at radius 3 is 1.96 bits per heavy atom. The van der Waals surface area contributed by atoms with Gasteiger partial charge in [0.1, 0.15) is 12.4 Å². The van der Waals surface area contributed by atoms with Crippen LogP contribution in [-0.4, -0.2) is 6.16 Å². The van der Waals surface area contributed by atoms with E-state index >= 15 is 0 Å². The molecule has 0 aliphatic heterocycles. The third-order valence-electron chi connectivity index (χ3n) is 4.29. The van der Waals surface area contributed by atoms with Gasteiger partial charge in [-0.2, -0.15) is 0 Å². The quantitative estimate of drug-likeness (QED) is 0.363. The molecule has 0 N–H and O–H groups in total. The first-order valence-electron chi connectivity index (χ1n) is 9.40. The van der Waals surface area contributed by atoms with Crippen LogP contribution in [0, 0.1) is 5.92 Å². The molecule has 1 atom stereocenters. The summed E-state index contributed by atoms with van der Waals surface area (Å²) in [5, 5.41) is 0. The number of carbonyl (C=O) groups excluding carboxylic acids is 1. The van der Waals surface area contributed by atoms with Crippen molar-refractivity contribution < 1.29 is 14.3 Å². The van der Waals surface area contributed by atoms with E-state index in [1.165, 1.54) is 5.56 Å². The second-order valence-corrected chi connectivity index (χ2v) is 6.69. The van der Waals surface area contributed by atoms with Crippen LogP contribution < -0.4 is 0 Å². The van der Waals surface area contributed by atoms with Gasteiger partial charge in [0, 0.05) is 5.56 Å². The van der Waals surface area contributed by atoms with Gasteiger partial charge in [-0.3, -0.25) is 0 Å². The Morgan fingerprint density at radius 2 is 1.36 bits per heavy atom. The first-order valence-corrected chi connectivity index (χ1v) is 9.40. The highest BCUT2D eigenvalue weighted by Gasteiger charge is 2.13. The largest absolute Gasteiger partial charge is 0.514 e. The molecule has 0 spiro atoms. The third-order valence-corrected chi connectivity index (χ3v) is 4.29. The monoisotopic (exact) mass is 372 g/mol. The topological polar surface area (TPSA) is 35.5 Å². The molecule has 0 aliphatic carbocycles. The normalized spacial score (nSPS) is 12.2. The van der Waals surface area contributed by atoms with Crippen molar-refractivity contribution in [1.82, 2.24) is 0 Å². The Kier molecular flexibility index (Phi) is 7.02. The van der Waals surface area contributed by atoms with Crippen molar-refractivity contribution in [3.05, 3.63) is 114 Å². The molecule has 28 heavy (non-hydrogen) atoms.